The highest BCUT2D eigenvalue weighted by molar-refractivity contribution is 5.85. The van der Waals surface area contributed by atoms with Crippen molar-refractivity contribution in [3.63, 3.8) is 0 Å². The SMILES string of the molecule is CO[C@H]1CCO[C@H]2OC3C=C4CCC5C(CC[C@]6(C)[C@@H](C7=CC(=O)OC7)CC[C@]56O)[C@@]4(C)CC3O[C@]21O. The molecule has 0 amide bonds. The van der Waals surface area contributed by atoms with Crippen LogP contribution in [0.3, 0.4) is 0 Å². The van der Waals surface area contributed by atoms with Crippen LogP contribution >= 0.6 is 0 Å². The summed E-state index contributed by atoms with van der Waals surface area (Å²) < 4.78 is 29.3. The second kappa shape index (κ2) is 8.12. The summed E-state index contributed by atoms with van der Waals surface area (Å²) in [5, 5.41) is 23.9. The van der Waals surface area contributed by atoms with Crippen molar-refractivity contribution in [2.75, 3.05) is 20.3 Å². The summed E-state index contributed by atoms with van der Waals surface area (Å²) in [6.45, 7) is 5.40. The van der Waals surface area contributed by atoms with Crippen molar-refractivity contribution in [1.29, 1.82) is 0 Å². The van der Waals surface area contributed by atoms with Gasteiger partial charge in [-0.3, -0.25) is 0 Å². The second-order valence-corrected chi connectivity index (χ2v) is 13.1. The molecule has 3 aliphatic heterocycles. The van der Waals surface area contributed by atoms with Gasteiger partial charge in [0.1, 0.15) is 18.8 Å². The molecule has 37 heavy (non-hydrogen) atoms. The number of aliphatic hydroxyl groups is 2. The molecule has 3 saturated carbocycles. The van der Waals surface area contributed by atoms with Crippen molar-refractivity contribution in [1.82, 2.24) is 0 Å². The third-order valence-electron chi connectivity index (χ3n) is 11.8. The first-order valence-corrected chi connectivity index (χ1v) is 14.1. The first kappa shape index (κ1) is 24.7. The van der Waals surface area contributed by atoms with Crippen molar-refractivity contribution in [2.45, 2.75) is 101 Å². The lowest BCUT2D eigenvalue weighted by Gasteiger charge is -2.63. The van der Waals surface area contributed by atoms with Crippen LogP contribution in [0.1, 0.15) is 65.2 Å². The van der Waals surface area contributed by atoms with E-state index in [9.17, 15) is 15.0 Å². The highest BCUT2D eigenvalue weighted by atomic mass is 16.8. The van der Waals surface area contributed by atoms with Crippen LogP contribution in [-0.4, -0.2) is 72.5 Å². The molecule has 8 heteroatoms. The van der Waals surface area contributed by atoms with Gasteiger partial charge in [-0.05, 0) is 73.7 Å². The number of cyclic esters (lactones) is 1. The Morgan fingerprint density at radius 2 is 1.92 bits per heavy atom. The number of esters is 1. The molecule has 0 radical (unpaired) electrons. The Balaban J connectivity index is 1.18. The lowest BCUT2D eigenvalue weighted by molar-refractivity contribution is -0.442. The Labute approximate surface area is 218 Å². The first-order valence-electron chi connectivity index (χ1n) is 14.1. The van der Waals surface area contributed by atoms with Gasteiger partial charge in [0.15, 0.2) is 0 Å². The van der Waals surface area contributed by atoms with Gasteiger partial charge >= 0.3 is 5.97 Å². The third kappa shape index (κ3) is 3.20. The standard InChI is InChI=1S/C29H40O8/c1-26-14-22-21(36-25-29(32,37-22)23(33-3)8-11-34-25)13-17(26)4-5-20-19(26)6-9-27(2)18(7-10-28(20,27)31)16-12-24(30)35-15-16/h12-13,18-23,25,31-32H,4-11,14-15H2,1-3H3/t18-,19?,20?,21?,22?,23+,25+,26+,27-,28+,29+/m1/s1. The molecule has 4 unspecified atom stereocenters. The van der Waals surface area contributed by atoms with Gasteiger partial charge in [-0.2, -0.15) is 0 Å². The highest BCUT2D eigenvalue weighted by Gasteiger charge is 2.68. The average molecular weight is 517 g/mol. The molecule has 3 heterocycles. The molecule has 0 aromatic rings. The topological polar surface area (TPSA) is 104 Å². The zero-order valence-corrected chi connectivity index (χ0v) is 22.1. The zero-order chi connectivity index (χ0) is 25.8. The van der Waals surface area contributed by atoms with E-state index in [1.54, 1.807) is 13.2 Å². The van der Waals surface area contributed by atoms with Crippen LogP contribution in [-0.2, 0) is 28.5 Å². The lowest BCUT2D eigenvalue weighted by atomic mass is 9.45. The Bertz CT molecular complexity index is 1050. The molecule has 204 valence electrons. The number of rotatable bonds is 2. The smallest absolute Gasteiger partial charge is 0.331 e. The summed E-state index contributed by atoms with van der Waals surface area (Å²) in [6, 6.07) is 0. The van der Waals surface area contributed by atoms with Crippen LogP contribution < -0.4 is 0 Å². The van der Waals surface area contributed by atoms with Crippen molar-refractivity contribution < 1.29 is 38.7 Å². The van der Waals surface area contributed by atoms with Crippen LogP contribution in [0.25, 0.3) is 0 Å². The van der Waals surface area contributed by atoms with Crippen molar-refractivity contribution in [2.24, 2.45) is 28.6 Å². The van der Waals surface area contributed by atoms with Gasteiger partial charge in [-0.1, -0.05) is 25.5 Å². The minimum atomic E-state index is -1.62. The van der Waals surface area contributed by atoms with E-state index in [1.807, 2.05) is 0 Å². The molecule has 2 saturated heterocycles. The molecule has 11 atom stereocenters. The van der Waals surface area contributed by atoms with E-state index in [0.717, 1.165) is 50.5 Å². The van der Waals surface area contributed by atoms with Gasteiger partial charge in [0.2, 0.25) is 12.1 Å². The number of hydrogen-bond acceptors (Lipinski definition) is 8. The van der Waals surface area contributed by atoms with Crippen molar-refractivity contribution >= 4 is 5.97 Å². The number of ether oxygens (including phenoxy) is 5. The molecule has 7 rings (SSSR count). The monoisotopic (exact) mass is 516 g/mol. The largest absolute Gasteiger partial charge is 0.458 e. The molecule has 2 N–H and O–H groups in total. The first-order chi connectivity index (χ1) is 17.6. The number of methoxy groups -OCH3 is 1. The number of carbonyl (C=O) groups is 1. The predicted molar refractivity (Wildman–Crippen MR) is 131 cm³/mol. The Morgan fingerprint density at radius 3 is 2.68 bits per heavy atom. The fraction of sp³-hybridized carbons (Fsp3) is 0.828. The van der Waals surface area contributed by atoms with E-state index in [1.165, 1.54) is 5.57 Å². The molecule has 5 fully saturated rings. The van der Waals surface area contributed by atoms with Gasteiger partial charge in [-0.15, -0.1) is 0 Å². The molecular weight excluding hydrogens is 476 g/mol. The maximum atomic E-state index is 12.5. The van der Waals surface area contributed by atoms with Gasteiger partial charge in [0.25, 0.3) is 0 Å². The lowest BCUT2D eigenvalue weighted by Crippen LogP contribution is -2.68. The minimum Gasteiger partial charge on any atom is -0.458 e. The normalized spacial score (nSPS) is 54.6. The van der Waals surface area contributed by atoms with Crippen molar-refractivity contribution in [3.05, 3.63) is 23.3 Å². The summed E-state index contributed by atoms with van der Waals surface area (Å²) >= 11 is 0. The molecule has 4 aliphatic carbocycles. The van der Waals surface area contributed by atoms with Gasteiger partial charge in [-0.25, -0.2) is 4.79 Å². The van der Waals surface area contributed by atoms with Crippen LogP contribution in [0.15, 0.2) is 23.3 Å². The number of fused-ring (bicyclic) bond motifs is 7. The minimum absolute atomic E-state index is 0.143. The summed E-state index contributed by atoms with van der Waals surface area (Å²) in [4.78, 5) is 11.8. The quantitative estimate of drug-likeness (QED) is 0.427. The molecule has 8 nitrogen and oxygen atoms in total. The van der Waals surface area contributed by atoms with E-state index in [0.29, 0.717) is 25.6 Å². The average Bonchev–Trinajstić information content (AvgIpc) is 3.40. The Morgan fingerprint density at radius 1 is 1.08 bits per heavy atom. The molecular formula is C29H40O8. The van der Waals surface area contributed by atoms with E-state index in [2.05, 4.69) is 19.9 Å². The Kier molecular flexibility index (Phi) is 5.42. The van der Waals surface area contributed by atoms with E-state index in [-0.39, 0.29) is 40.8 Å². The Hall–Kier alpha value is -1.29. The van der Waals surface area contributed by atoms with E-state index >= 15 is 0 Å². The zero-order valence-electron chi connectivity index (χ0n) is 22.1. The number of allylic oxidation sites excluding steroid dienone is 1. The van der Waals surface area contributed by atoms with Crippen LogP contribution in [0, 0.1) is 28.6 Å². The molecule has 0 aromatic carbocycles. The van der Waals surface area contributed by atoms with E-state index in [4.69, 9.17) is 23.7 Å². The maximum Gasteiger partial charge on any atom is 0.331 e. The van der Waals surface area contributed by atoms with Gasteiger partial charge in [0.05, 0.1) is 18.3 Å². The fourth-order valence-corrected chi connectivity index (χ4v) is 9.81. The fourth-order valence-electron chi connectivity index (χ4n) is 9.81. The van der Waals surface area contributed by atoms with Crippen LogP contribution in [0.2, 0.25) is 0 Å². The van der Waals surface area contributed by atoms with Crippen LogP contribution in [0.5, 0.6) is 0 Å². The summed E-state index contributed by atoms with van der Waals surface area (Å²) in [5.41, 5.74) is 1.27. The van der Waals surface area contributed by atoms with Gasteiger partial charge < -0.3 is 33.9 Å². The summed E-state index contributed by atoms with van der Waals surface area (Å²) in [7, 11) is 1.59. The molecule has 0 bridgehead atoms. The maximum absolute atomic E-state index is 12.5. The highest BCUT2D eigenvalue weighted by Crippen LogP contribution is 2.69. The number of carbonyl (C=O) groups excluding carboxylic acids is 1. The number of hydrogen-bond donors (Lipinski definition) is 2. The van der Waals surface area contributed by atoms with E-state index < -0.39 is 23.8 Å². The third-order valence-corrected chi connectivity index (χ3v) is 11.8. The second-order valence-electron chi connectivity index (χ2n) is 13.1. The summed E-state index contributed by atoms with van der Waals surface area (Å²) in [5.74, 6) is -1.20. The van der Waals surface area contributed by atoms with Crippen LogP contribution in [0.4, 0.5) is 0 Å². The van der Waals surface area contributed by atoms with Gasteiger partial charge in [0, 0.05) is 25.0 Å². The molecule has 0 spiro atoms. The predicted octanol–water partition coefficient (Wildman–Crippen LogP) is 3.01. The molecule has 7 aliphatic rings. The molecule has 0 aromatic heterocycles. The summed E-state index contributed by atoms with van der Waals surface area (Å²) in [6.07, 6.45) is 8.71. The van der Waals surface area contributed by atoms with Crippen molar-refractivity contribution in [3.8, 4) is 0 Å².